The van der Waals surface area contributed by atoms with Crippen molar-refractivity contribution in [3.05, 3.63) is 77.7 Å². The van der Waals surface area contributed by atoms with Gasteiger partial charge in [-0.3, -0.25) is 9.78 Å². The molecule has 2 aromatic heterocycles. The molecule has 4 rings (SSSR count). The highest BCUT2D eigenvalue weighted by Crippen LogP contribution is 2.35. The molecule has 0 aliphatic heterocycles. The summed E-state index contributed by atoms with van der Waals surface area (Å²) in [5, 5.41) is 7.14. The number of carbonyl (C=O) groups excluding carboxylic acids is 1. The van der Waals surface area contributed by atoms with Gasteiger partial charge in [0.2, 0.25) is 5.89 Å². The van der Waals surface area contributed by atoms with E-state index in [0.717, 1.165) is 31.2 Å². The molecule has 7 heteroatoms. The highest BCUT2D eigenvalue weighted by Gasteiger charge is 2.37. The molecule has 144 valence electrons. The van der Waals surface area contributed by atoms with Crippen LogP contribution in [0.15, 0.2) is 59.4 Å². The highest BCUT2D eigenvalue weighted by atomic mass is 16.5. The van der Waals surface area contributed by atoms with Crippen LogP contribution in [-0.4, -0.2) is 21.0 Å². The molecule has 1 fully saturated rings. The molecule has 0 spiro atoms. The summed E-state index contributed by atoms with van der Waals surface area (Å²) in [6.07, 6.45) is 7.50. The van der Waals surface area contributed by atoms with Gasteiger partial charge in [-0.05, 0) is 30.5 Å². The molecule has 1 aliphatic carbocycles. The summed E-state index contributed by atoms with van der Waals surface area (Å²) in [5.74, 6) is 0.651. The largest absolute Gasteiger partial charge is 0.340 e. The Bertz CT molecular complexity index is 920. The van der Waals surface area contributed by atoms with Gasteiger partial charge in [0.15, 0.2) is 5.82 Å². The lowest BCUT2D eigenvalue weighted by Gasteiger charge is -2.18. The summed E-state index contributed by atoms with van der Waals surface area (Å²) in [6.45, 7) is 0. The maximum Gasteiger partial charge on any atom is 0.253 e. The van der Waals surface area contributed by atoms with E-state index in [1.165, 1.54) is 6.20 Å². The van der Waals surface area contributed by atoms with Crippen molar-refractivity contribution in [3.8, 4) is 0 Å². The monoisotopic (exact) mass is 377 g/mol. The number of aromatic nitrogens is 3. The lowest BCUT2D eigenvalue weighted by molar-refractivity contribution is 0.0928. The van der Waals surface area contributed by atoms with Gasteiger partial charge in [-0.15, -0.1) is 0 Å². The zero-order valence-electron chi connectivity index (χ0n) is 15.5. The minimum Gasteiger partial charge on any atom is -0.340 e. The van der Waals surface area contributed by atoms with E-state index in [4.69, 9.17) is 10.3 Å². The molecule has 1 aliphatic rings. The second-order valence-electron chi connectivity index (χ2n) is 7.28. The smallest absolute Gasteiger partial charge is 0.253 e. The van der Waals surface area contributed by atoms with E-state index < -0.39 is 11.6 Å². The first kappa shape index (κ1) is 18.3. The fourth-order valence-corrected chi connectivity index (χ4v) is 3.60. The van der Waals surface area contributed by atoms with E-state index in [1.807, 2.05) is 30.3 Å². The SMILES string of the molecule is NC1(c2noc(C(Cc3ccccc3)NC(=O)c3cccnc3)n2)CCCC1. The number of nitrogens with zero attached hydrogens (tertiary/aromatic N) is 3. The van der Waals surface area contributed by atoms with Crippen molar-refractivity contribution in [2.24, 2.45) is 5.73 Å². The van der Waals surface area contributed by atoms with Gasteiger partial charge < -0.3 is 15.6 Å². The molecule has 28 heavy (non-hydrogen) atoms. The Morgan fingerprint density at radius 2 is 1.96 bits per heavy atom. The fourth-order valence-electron chi connectivity index (χ4n) is 3.60. The molecule has 3 aromatic rings. The van der Waals surface area contributed by atoms with Crippen LogP contribution in [0, 0.1) is 0 Å². The first-order valence-electron chi connectivity index (χ1n) is 9.52. The van der Waals surface area contributed by atoms with Crippen LogP contribution in [-0.2, 0) is 12.0 Å². The molecule has 0 saturated heterocycles. The van der Waals surface area contributed by atoms with Crippen LogP contribution in [0.1, 0.15) is 59.4 Å². The van der Waals surface area contributed by atoms with Gasteiger partial charge in [-0.1, -0.05) is 48.3 Å². The average molecular weight is 377 g/mol. The number of benzene rings is 1. The summed E-state index contributed by atoms with van der Waals surface area (Å²) >= 11 is 0. The normalized spacial score (nSPS) is 16.6. The number of nitrogens with one attached hydrogen (secondary N) is 1. The maximum atomic E-state index is 12.7. The zero-order valence-corrected chi connectivity index (χ0v) is 15.5. The second-order valence-corrected chi connectivity index (χ2v) is 7.28. The van der Waals surface area contributed by atoms with Crippen LogP contribution in [0.25, 0.3) is 0 Å². The molecule has 1 saturated carbocycles. The summed E-state index contributed by atoms with van der Waals surface area (Å²) in [5.41, 5.74) is 7.46. The maximum absolute atomic E-state index is 12.7. The molecule has 2 heterocycles. The van der Waals surface area contributed by atoms with Crippen LogP contribution in [0.4, 0.5) is 0 Å². The van der Waals surface area contributed by atoms with Gasteiger partial charge in [0.1, 0.15) is 6.04 Å². The summed E-state index contributed by atoms with van der Waals surface area (Å²) in [4.78, 5) is 21.3. The van der Waals surface area contributed by atoms with Crippen molar-refractivity contribution in [1.82, 2.24) is 20.4 Å². The first-order valence-corrected chi connectivity index (χ1v) is 9.52. The minimum absolute atomic E-state index is 0.239. The number of hydrogen-bond donors (Lipinski definition) is 2. The number of nitrogens with two attached hydrogens (primary N) is 1. The quantitative estimate of drug-likeness (QED) is 0.684. The number of rotatable bonds is 6. The van der Waals surface area contributed by atoms with Crippen LogP contribution in [0.2, 0.25) is 0 Å². The molecular weight excluding hydrogens is 354 g/mol. The Morgan fingerprint density at radius 3 is 2.68 bits per heavy atom. The summed E-state index contributed by atoms with van der Waals surface area (Å²) in [7, 11) is 0. The van der Waals surface area contributed by atoms with Gasteiger partial charge in [-0.2, -0.15) is 4.98 Å². The molecule has 0 radical (unpaired) electrons. The molecule has 7 nitrogen and oxygen atoms in total. The topological polar surface area (TPSA) is 107 Å². The van der Waals surface area contributed by atoms with Crippen molar-refractivity contribution in [1.29, 1.82) is 0 Å². The summed E-state index contributed by atoms with van der Waals surface area (Å²) < 4.78 is 5.54. The van der Waals surface area contributed by atoms with Gasteiger partial charge in [-0.25, -0.2) is 0 Å². The molecule has 0 bridgehead atoms. The van der Waals surface area contributed by atoms with E-state index in [-0.39, 0.29) is 5.91 Å². The van der Waals surface area contributed by atoms with Gasteiger partial charge in [0.25, 0.3) is 5.91 Å². The minimum atomic E-state index is -0.535. The third kappa shape index (κ3) is 3.94. The van der Waals surface area contributed by atoms with Crippen molar-refractivity contribution in [2.75, 3.05) is 0 Å². The number of carbonyl (C=O) groups is 1. The average Bonchev–Trinajstić information content (AvgIpc) is 3.39. The number of amides is 1. The Labute approximate surface area is 163 Å². The number of hydrogen-bond acceptors (Lipinski definition) is 6. The second kappa shape index (κ2) is 7.90. The Kier molecular flexibility index (Phi) is 5.16. The van der Waals surface area contributed by atoms with Crippen molar-refractivity contribution in [2.45, 2.75) is 43.7 Å². The van der Waals surface area contributed by atoms with Gasteiger partial charge in [0, 0.05) is 18.8 Å². The zero-order chi connectivity index (χ0) is 19.4. The van der Waals surface area contributed by atoms with Crippen LogP contribution >= 0.6 is 0 Å². The summed E-state index contributed by atoms with van der Waals surface area (Å²) in [6, 6.07) is 12.9. The van der Waals surface area contributed by atoms with Gasteiger partial charge in [0.05, 0.1) is 11.1 Å². The molecule has 1 amide bonds. The highest BCUT2D eigenvalue weighted by molar-refractivity contribution is 5.94. The lowest BCUT2D eigenvalue weighted by Crippen LogP contribution is -2.35. The predicted molar refractivity (Wildman–Crippen MR) is 103 cm³/mol. The molecule has 1 unspecified atom stereocenters. The van der Waals surface area contributed by atoms with E-state index in [2.05, 4.69) is 20.4 Å². The van der Waals surface area contributed by atoms with Crippen molar-refractivity contribution < 1.29 is 9.32 Å². The Morgan fingerprint density at radius 1 is 1.18 bits per heavy atom. The van der Waals surface area contributed by atoms with Crippen LogP contribution in [0.3, 0.4) is 0 Å². The Hall–Kier alpha value is -3.06. The van der Waals surface area contributed by atoms with Crippen molar-refractivity contribution >= 4 is 5.91 Å². The third-order valence-electron chi connectivity index (χ3n) is 5.19. The Balaban J connectivity index is 1.59. The lowest BCUT2D eigenvalue weighted by atomic mass is 9.98. The fraction of sp³-hybridized carbons (Fsp3) is 0.333. The van der Waals surface area contributed by atoms with E-state index in [1.54, 1.807) is 18.3 Å². The van der Waals surface area contributed by atoms with Crippen molar-refractivity contribution in [3.63, 3.8) is 0 Å². The van der Waals surface area contributed by atoms with Gasteiger partial charge >= 0.3 is 0 Å². The van der Waals surface area contributed by atoms with Crippen LogP contribution in [0.5, 0.6) is 0 Å². The van der Waals surface area contributed by atoms with Crippen LogP contribution < -0.4 is 11.1 Å². The van der Waals surface area contributed by atoms with E-state index in [9.17, 15) is 4.79 Å². The predicted octanol–water partition coefficient (Wildman–Crippen LogP) is 2.91. The third-order valence-corrected chi connectivity index (χ3v) is 5.19. The molecule has 1 atom stereocenters. The van der Waals surface area contributed by atoms with E-state index in [0.29, 0.717) is 23.7 Å². The number of pyridine rings is 1. The molecular formula is C21H23N5O2. The molecule has 3 N–H and O–H groups in total. The van der Waals surface area contributed by atoms with E-state index >= 15 is 0 Å². The molecule has 1 aromatic carbocycles. The first-order chi connectivity index (χ1) is 13.6. The standard InChI is InChI=1S/C21H23N5O2/c22-21(10-4-5-11-21)20-25-19(28-26-20)17(13-15-7-2-1-3-8-15)24-18(27)16-9-6-12-23-14-16/h1-3,6-9,12,14,17H,4-5,10-11,13,22H2,(H,24,27).